The zero-order chi connectivity index (χ0) is 26.6. The molecule has 2 N–H and O–H groups in total. The summed E-state index contributed by atoms with van der Waals surface area (Å²) in [7, 11) is 0. The maximum Gasteiger partial charge on any atom is 0.325 e. The first kappa shape index (κ1) is 26.7. The van der Waals surface area contributed by atoms with E-state index in [9.17, 15) is 14.3 Å². The lowest BCUT2D eigenvalue weighted by molar-refractivity contribution is -0.143. The highest BCUT2D eigenvalue weighted by atomic mass is 19.1. The number of likely N-dealkylation sites (tertiary alicyclic amines) is 1. The number of unbranched alkanes of at least 4 members (excludes halogenated alkanes) is 1. The number of carboxylic acid groups (broad SMARTS) is 1. The van der Waals surface area contributed by atoms with Crippen LogP contribution in [0.5, 0.6) is 11.5 Å². The summed E-state index contributed by atoms with van der Waals surface area (Å²) in [4.78, 5) is 19.0. The first-order valence-corrected chi connectivity index (χ1v) is 13.8. The average molecular weight is 528 g/mol. The SMILES string of the molecule is CC(C)[C@@H]1COc2cc(F)cc(C(C(=O)O)N3CC[C@@H](OCCCCc4ccc5c(n4)NCCC5)C3)c2O1. The molecular weight excluding hydrogens is 489 g/mol. The number of aryl methyl sites for hydroxylation is 2. The van der Waals surface area contributed by atoms with Gasteiger partial charge in [0.15, 0.2) is 11.5 Å². The zero-order valence-electron chi connectivity index (χ0n) is 22.2. The topological polar surface area (TPSA) is 93.2 Å². The predicted octanol–water partition coefficient (Wildman–Crippen LogP) is 4.61. The second-order valence-corrected chi connectivity index (χ2v) is 10.8. The van der Waals surface area contributed by atoms with Crippen molar-refractivity contribution in [3.05, 3.63) is 46.9 Å². The summed E-state index contributed by atoms with van der Waals surface area (Å²) < 4.78 is 32.5. The Morgan fingerprint density at radius 3 is 3.00 bits per heavy atom. The molecule has 0 amide bonds. The Morgan fingerprint density at radius 1 is 1.32 bits per heavy atom. The van der Waals surface area contributed by atoms with Crippen LogP contribution in [0, 0.1) is 11.7 Å². The standard InChI is InChI=1S/C29H38FN3O5/c1-18(2)25-17-37-24-15-20(30)14-23(27(24)38-25)26(29(34)35)33-12-10-22(16-33)36-13-4-3-7-21-9-8-19-6-5-11-31-28(19)32-21/h8-9,14-15,18,22,25-26H,3-7,10-13,16-17H2,1-2H3,(H,31,32)(H,34,35)/t22-,25+,26?/m1/s1. The number of ether oxygens (including phenoxy) is 3. The van der Waals surface area contributed by atoms with Gasteiger partial charge in [-0.2, -0.15) is 0 Å². The Balaban J connectivity index is 1.15. The highest BCUT2D eigenvalue weighted by Gasteiger charge is 2.38. The number of rotatable bonds is 10. The van der Waals surface area contributed by atoms with Gasteiger partial charge in [-0.1, -0.05) is 19.9 Å². The molecule has 0 bridgehead atoms. The van der Waals surface area contributed by atoms with Gasteiger partial charge in [-0.15, -0.1) is 0 Å². The van der Waals surface area contributed by atoms with Crippen LogP contribution >= 0.6 is 0 Å². The summed E-state index contributed by atoms with van der Waals surface area (Å²) in [5.41, 5.74) is 2.69. The summed E-state index contributed by atoms with van der Waals surface area (Å²) in [6.07, 6.45) is 5.48. The van der Waals surface area contributed by atoms with Crippen LogP contribution in [-0.2, 0) is 22.4 Å². The molecule has 1 aromatic heterocycles. The van der Waals surface area contributed by atoms with Gasteiger partial charge < -0.3 is 24.6 Å². The zero-order valence-corrected chi connectivity index (χ0v) is 22.2. The summed E-state index contributed by atoms with van der Waals surface area (Å²) in [5, 5.41) is 13.5. The van der Waals surface area contributed by atoms with Gasteiger partial charge in [0, 0.05) is 43.6 Å². The highest BCUT2D eigenvalue weighted by Crippen LogP contribution is 2.42. The van der Waals surface area contributed by atoms with Gasteiger partial charge in [0.25, 0.3) is 0 Å². The number of fused-ring (bicyclic) bond motifs is 2. The minimum absolute atomic E-state index is 0.0621. The Labute approximate surface area is 223 Å². The van der Waals surface area contributed by atoms with E-state index in [0.29, 0.717) is 37.6 Å². The van der Waals surface area contributed by atoms with E-state index in [-0.39, 0.29) is 23.9 Å². The predicted molar refractivity (Wildman–Crippen MR) is 141 cm³/mol. The van der Waals surface area contributed by atoms with Crippen LogP contribution in [0.3, 0.4) is 0 Å². The Morgan fingerprint density at radius 2 is 2.18 bits per heavy atom. The lowest BCUT2D eigenvalue weighted by Crippen LogP contribution is -2.37. The fraction of sp³-hybridized carbons (Fsp3) is 0.586. The Kier molecular flexibility index (Phi) is 8.33. The first-order valence-electron chi connectivity index (χ1n) is 13.8. The number of halogens is 1. The van der Waals surface area contributed by atoms with Crippen LogP contribution in [0.4, 0.5) is 10.2 Å². The minimum Gasteiger partial charge on any atom is -0.486 e. The molecule has 8 nitrogen and oxygen atoms in total. The lowest BCUT2D eigenvalue weighted by Gasteiger charge is -2.33. The summed E-state index contributed by atoms with van der Waals surface area (Å²) in [6, 6.07) is 5.80. The number of nitrogens with zero attached hydrogens (tertiary/aromatic N) is 2. The summed E-state index contributed by atoms with van der Waals surface area (Å²) >= 11 is 0. The fourth-order valence-corrected chi connectivity index (χ4v) is 5.49. The third-order valence-corrected chi connectivity index (χ3v) is 7.67. The van der Waals surface area contributed by atoms with Crippen LogP contribution < -0.4 is 14.8 Å². The van der Waals surface area contributed by atoms with Crippen LogP contribution in [0.25, 0.3) is 0 Å². The normalized spacial score (nSPS) is 21.7. The van der Waals surface area contributed by atoms with Gasteiger partial charge in [0.2, 0.25) is 0 Å². The lowest BCUT2D eigenvalue weighted by atomic mass is 10.0. The molecule has 4 heterocycles. The molecule has 38 heavy (non-hydrogen) atoms. The van der Waals surface area contributed by atoms with Crippen molar-refractivity contribution in [2.24, 2.45) is 5.92 Å². The minimum atomic E-state index is -1.04. The van der Waals surface area contributed by atoms with E-state index in [1.54, 1.807) is 0 Å². The van der Waals surface area contributed by atoms with Crippen molar-refractivity contribution in [2.75, 3.05) is 38.2 Å². The number of pyridine rings is 1. The second-order valence-electron chi connectivity index (χ2n) is 10.8. The molecule has 0 spiro atoms. The maximum atomic E-state index is 14.5. The van der Waals surface area contributed by atoms with Gasteiger partial charge in [0.1, 0.15) is 30.4 Å². The molecule has 3 atom stereocenters. The molecule has 3 aliphatic rings. The third-order valence-electron chi connectivity index (χ3n) is 7.67. The van der Waals surface area contributed by atoms with Gasteiger partial charge in [-0.3, -0.25) is 9.69 Å². The molecule has 0 saturated carbocycles. The first-order chi connectivity index (χ1) is 18.4. The monoisotopic (exact) mass is 527 g/mol. The quantitative estimate of drug-likeness (QED) is 0.433. The maximum absolute atomic E-state index is 14.5. The fourth-order valence-electron chi connectivity index (χ4n) is 5.49. The molecule has 1 unspecified atom stereocenters. The van der Waals surface area contributed by atoms with E-state index in [1.165, 1.54) is 17.7 Å². The molecule has 5 rings (SSSR count). The van der Waals surface area contributed by atoms with E-state index < -0.39 is 17.8 Å². The van der Waals surface area contributed by atoms with Crippen molar-refractivity contribution < 1.29 is 28.5 Å². The van der Waals surface area contributed by atoms with Crippen molar-refractivity contribution in [1.82, 2.24) is 9.88 Å². The summed E-state index contributed by atoms with van der Waals surface area (Å²) in [6.45, 7) is 6.95. The molecule has 3 aliphatic heterocycles. The van der Waals surface area contributed by atoms with Crippen LogP contribution in [0.2, 0.25) is 0 Å². The molecule has 206 valence electrons. The Bertz CT molecular complexity index is 1140. The number of aromatic nitrogens is 1. The Hall–Kier alpha value is -2.91. The van der Waals surface area contributed by atoms with Crippen molar-refractivity contribution in [1.29, 1.82) is 0 Å². The summed E-state index contributed by atoms with van der Waals surface area (Å²) in [5.74, 6) is 0.223. The van der Waals surface area contributed by atoms with Crippen molar-refractivity contribution in [2.45, 2.75) is 70.6 Å². The van der Waals surface area contributed by atoms with E-state index in [0.717, 1.165) is 56.6 Å². The van der Waals surface area contributed by atoms with Gasteiger partial charge in [-0.25, -0.2) is 9.37 Å². The van der Waals surface area contributed by atoms with Crippen molar-refractivity contribution in [3.63, 3.8) is 0 Å². The number of nitrogens with one attached hydrogen (secondary N) is 1. The third kappa shape index (κ3) is 6.04. The van der Waals surface area contributed by atoms with Crippen molar-refractivity contribution in [3.8, 4) is 11.5 Å². The molecule has 2 aromatic rings. The van der Waals surface area contributed by atoms with E-state index in [2.05, 4.69) is 17.4 Å². The highest BCUT2D eigenvalue weighted by molar-refractivity contribution is 5.77. The molecular formula is C29H38FN3O5. The molecule has 9 heteroatoms. The van der Waals surface area contributed by atoms with Crippen LogP contribution in [0.15, 0.2) is 24.3 Å². The number of carboxylic acids is 1. The molecule has 0 radical (unpaired) electrons. The van der Waals surface area contributed by atoms with Gasteiger partial charge >= 0.3 is 5.97 Å². The van der Waals surface area contributed by atoms with Gasteiger partial charge in [-0.05, 0) is 62.1 Å². The van der Waals surface area contributed by atoms with Crippen LogP contribution in [0.1, 0.15) is 62.4 Å². The molecule has 1 aromatic carbocycles. The molecule has 1 fully saturated rings. The second kappa shape index (κ2) is 11.9. The van der Waals surface area contributed by atoms with E-state index in [1.807, 2.05) is 18.7 Å². The number of hydrogen-bond acceptors (Lipinski definition) is 7. The number of aliphatic carboxylic acids is 1. The number of carbonyl (C=O) groups is 1. The van der Waals surface area contributed by atoms with Crippen LogP contribution in [-0.4, -0.2) is 66.0 Å². The molecule has 0 aliphatic carbocycles. The molecule has 1 saturated heterocycles. The van der Waals surface area contributed by atoms with Gasteiger partial charge in [0.05, 0.1) is 6.10 Å². The number of anilines is 1. The largest absolute Gasteiger partial charge is 0.486 e. The van der Waals surface area contributed by atoms with E-state index in [4.69, 9.17) is 19.2 Å². The van der Waals surface area contributed by atoms with E-state index >= 15 is 0 Å². The number of hydrogen-bond donors (Lipinski definition) is 2. The number of benzene rings is 1. The average Bonchev–Trinajstić information content (AvgIpc) is 3.36. The van der Waals surface area contributed by atoms with Crippen molar-refractivity contribution >= 4 is 11.8 Å². The smallest absolute Gasteiger partial charge is 0.325 e.